The molecule has 0 saturated carbocycles. The highest BCUT2D eigenvalue weighted by molar-refractivity contribution is 5.10. The summed E-state index contributed by atoms with van der Waals surface area (Å²) in [4.78, 5) is 2.50. The molecule has 0 radical (unpaired) electrons. The molecule has 0 N–H and O–H groups in total. The molecule has 64 valence electrons. The molecule has 0 bridgehead atoms. The van der Waals surface area contributed by atoms with E-state index in [-0.39, 0.29) is 0 Å². The highest BCUT2D eigenvalue weighted by atomic mass is 15.2. The first-order valence-electron chi connectivity index (χ1n) is 4.59. The van der Waals surface area contributed by atoms with Crippen molar-refractivity contribution in [2.24, 2.45) is 5.92 Å². The van der Waals surface area contributed by atoms with E-state index in [1.807, 2.05) is 0 Å². The Labute approximate surface area is 70.1 Å². The van der Waals surface area contributed by atoms with Crippen LogP contribution in [-0.4, -0.2) is 17.5 Å². The Morgan fingerprint density at radius 2 is 1.91 bits per heavy atom. The molecule has 0 aromatic rings. The van der Waals surface area contributed by atoms with Crippen molar-refractivity contribution in [2.75, 3.05) is 6.54 Å². The molecule has 0 saturated heterocycles. The van der Waals surface area contributed by atoms with Gasteiger partial charge in [0.05, 0.1) is 0 Å². The van der Waals surface area contributed by atoms with Crippen LogP contribution in [0.3, 0.4) is 0 Å². The summed E-state index contributed by atoms with van der Waals surface area (Å²) in [6.45, 7) is 10.3. The van der Waals surface area contributed by atoms with E-state index < -0.39 is 0 Å². The lowest BCUT2D eigenvalue weighted by Crippen LogP contribution is -2.29. The van der Waals surface area contributed by atoms with Gasteiger partial charge in [-0.3, -0.25) is 0 Å². The molecule has 0 aromatic heterocycles. The second kappa shape index (κ2) is 3.29. The van der Waals surface area contributed by atoms with Crippen molar-refractivity contribution in [1.82, 2.24) is 4.90 Å². The average Bonchev–Trinajstić information content (AvgIpc) is 2.32. The molecular weight excluding hydrogens is 134 g/mol. The Bertz CT molecular complexity index is 156. The smallest absolute Gasteiger partial charge is 0.0230 e. The first kappa shape index (κ1) is 8.63. The van der Waals surface area contributed by atoms with Gasteiger partial charge in [0.2, 0.25) is 0 Å². The summed E-state index contributed by atoms with van der Waals surface area (Å²) in [6, 6.07) is 0.672. The van der Waals surface area contributed by atoms with Crippen LogP contribution >= 0.6 is 0 Å². The number of rotatable bonds is 2. The van der Waals surface area contributed by atoms with Crippen LogP contribution in [0, 0.1) is 5.92 Å². The van der Waals surface area contributed by atoms with Gasteiger partial charge in [-0.2, -0.15) is 0 Å². The van der Waals surface area contributed by atoms with Crippen molar-refractivity contribution in [3.05, 3.63) is 11.8 Å². The third kappa shape index (κ3) is 1.76. The fourth-order valence-electron chi connectivity index (χ4n) is 1.72. The zero-order chi connectivity index (χ0) is 8.43. The molecule has 11 heavy (non-hydrogen) atoms. The van der Waals surface area contributed by atoms with E-state index in [1.54, 1.807) is 5.70 Å². The van der Waals surface area contributed by atoms with Crippen LogP contribution in [-0.2, 0) is 0 Å². The minimum atomic E-state index is 0.672. The topological polar surface area (TPSA) is 3.24 Å². The molecule has 1 heterocycles. The first-order chi connectivity index (χ1) is 5.13. The minimum absolute atomic E-state index is 0.672. The van der Waals surface area contributed by atoms with Crippen molar-refractivity contribution >= 4 is 0 Å². The monoisotopic (exact) mass is 153 g/mol. The molecule has 1 nitrogen and oxygen atoms in total. The van der Waals surface area contributed by atoms with Crippen LogP contribution in [0.15, 0.2) is 11.8 Å². The third-order valence-corrected chi connectivity index (χ3v) is 2.27. The third-order valence-electron chi connectivity index (χ3n) is 2.27. The van der Waals surface area contributed by atoms with E-state index >= 15 is 0 Å². The average molecular weight is 153 g/mol. The van der Waals surface area contributed by atoms with E-state index in [2.05, 4.69) is 38.7 Å². The minimum Gasteiger partial charge on any atom is -0.372 e. The molecule has 0 aliphatic carbocycles. The Morgan fingerprint density at radius 3 is 2.27 bits per heavy atom. The van der Waals surface area contributed by atoms with Crippen LogP contribution in [0.1, 0.15) is 34.1 Å². The van der Waals surface area contributed by atoms with E-state index in [9.17, 15) is 0 Å². The number of hydrogen-bond acceptors (Lipinski definition) is 1. The van der Waals surface area contributed by atoms with Crippen molar-refractivity contribution in [3.8, 4) is 0 Å². The fraction of sp³-hybridized carbons (Fsp3) is 0.800. The van der Waals surface area contributed by atoms with Gasteiger partial charge in [-0.25, -0.2) is 0 Å². The second-order valence-electron chi connectivity index (χ2n) is 3.86. The van der Waals surface area contributed by atoms with E-state index in [1.165, 1.54) is 13.0 Å². The van der Waals surface area contributed by atoms with Gasteiger partial charge in [0.25, 0.3) is 0 Å². The Balaban J connectivity index is 2.63. The summed E-state index contributed by atoms with van der Waals surface area (Å²) in [5.41, 5.74) is 1.54. The van der Waals surface area contributed by atoms with Gasteiger partial charge < -0.3 is 4.90 Å². The van der Waals surface area contributed by atoms with Crippen molar-refractivity contribution < 1.29 is 0 Å². The van der Waals surface area contributed by atoms with Crippen LogP contribution < -0.4 is 0 Å². The maximum absolute atomic E-state index is 2.50. The van der Waals surface area contributed by atoms with Crippen LogP contribution in [0.4, 0.5) is 0 Å². The standard InChI is InChI=1S/C10H19N/c1-8(2)10-6-5-7-11(10)9(3)4/h6,8-9H,5,7H2,1-4H3. The molecular formula is C10H19N. The molecule has 0 spiro atoms. The molecule has 0 aromatic carbocycles. The summed E-state index contributed by atoms with van der Waals surface area (Å²) in [7, 11) is 0. The van der Waals surface area contributed by atoms with Crippen LogP contribution in [0.2, 0.25) is 0 Å². The number of hydrogen-bond donors (Lipinski definition) is 0. The predicted molar refractivity (Wildman–Crippen MR) is 49.4 cm³/mol. The normalized spacial score (nSPS) is 18.4. The van der Waals surface area contributed by atoms with Gasteiger partial charge in [0.1, 0.15) is 0 Å². The van der Waals surface area contributed by atoms with Gasteiger partial charge in [-0.1, -0.05) is 19.9 Å². The van der Waals surface area contributed by atoms with Gasteiger partial charge in [-0.15, -0.1) is 0 Å². The first-order valence-corrected chi connectivity index (χ1v) is 4.59. The predicted octanol–water partition coefficient (Wildman–Crippen LogP) is 2.64. The Kier molecular flexibility index (Phi) is 2.58. The van der Waals surface area contributed by atoms with Gasteiger partial charge in [0, 0.05) is 18.3 Å². The molecule has 0 atom stereocenters. The molecule has 0 unspecified atom stereocenters. The van der Waals surface area contributed by atoms with Gasteiger partial charge in [0.15, 0.2) is 0 Å². The zero-order valence-corrected chi connectivity index (χ0v) is 8.09. The highest BCUT2D eigenvalue weighted by Gasteiger charge is 2.19. The summed E-state index contributed by atoms with van der Waals surface area (Å²) >= 11 is 0. The lowest BCUT2D eigenvalue weighted by atomic mass is 10.1. The van der Waals surface area contributed by atoms with E-state index in [0.717, 1.165) is 0 Å². The Morgan fingerprint density at radius 1 is 1.27 bits per heavy atom. The summed E-state index contributed by atoms with van der Waals surface area (Å²) in [5.74, 6) is 0.694. The van der Waals surface area contributed by atoms with Gasteiger partial charge >= 0.3 is 0 Å². The van der Waals surface area contributed by atoms with Crippen LogP contribution in [0.5, 0.6) is 0 Å². The molecule has 1 heteroatoms. The second-order valence-corrected chi connectivity index (χ2v) is 3.86. The van der Waals surface area contributed by atoms with Crippen molar-refractivity contribution in [1.29, 1.82) is 0 Å². The van der Waals surface area contributed by atoms with E-state index in [4.69, 9.17) is 0 Å². The molecule has 0 fully saturated rings. The SMILES string of the molecule is CC(C)C1=CCCN1C(C)C. The summed E-state index contributed by atoms with van der Waals surface area (Å²) in [5, 5.41) is 0. The number of allylic oxidation sites excluding steroid dienone is 1. The molecule has 0 amide bonds. The zero-order valence-electron chi connectivity index (χ0n) is 8.09. The molecule has 1 aliphatic heterocycles. The molecule has 1 rings (SSSR count). The maximum atomic E-state index is 2.50. The van der Waals surface area contributed by atoms with Crippen molar-refractivity contribution in [2.45, 2.75) is 40.2 Å². The maximum Gasteiger partial charge on any atom is 0.0230 e. The quantitative estimate of drug-likeness (QED) is 0.589. The summed E-state index contributed by atoms with van der Waals surface area (Å²) < 4.78 is 0. The number of nitrogens with zero attached hydrogens (tertiary/aromatic N) is 1. The van der Waals surface area contributed by atoms with E-state index in [0.29, 0.717) is 12.0 Å². The fourth-order valence-corrected chi connectivity index (χ4v) is 1.72. The Hall–Kier alpha value is -0.460. The lowest BCUT2D eigenvalue weighted by molar-refractivity contribution is 0.285. The largest absolute Gasteiger partial charge is 0.372 e. The highest BCUT2D eigenvalue weighted by Crippen LogP contribution is 2.24. The van der Waals surface area contributed by atoms with Crippen molar-refractivity contribution in [3.63, 3.8) is 0 Å². The van der Waals surface area contributed by atoms with Gasteiger partial charge in [-0.05, 0) is 26.2 Å². The molecule has 1 aliphatic rings. The van der Waals surface area contributed by atoms with Crippen LogP contribution in [0.25, 0.3) is 0 Å². The summed E-state index contributed by atoms with van der Waals surface area (Å²) in [6.07, 6.45) is 3.62. The lowest BCUT2D eigenvalue weighted by Gasteiger charge is -2.28.